The molecule has 0 spiro atoms. The van der Waals surface area contributed by atoms with Crippen LogP contribution < -0.4 is 5.73 Å². The molecule has 5 heteroatoms. The second kappa shape index (κ2) is 7.50. The van der Waals surface area contributed by atoms with E-state index in [4.69, 9.17) is 5.73 Å². The lowest BCUT2D eigenvalue weighted by Crippen LogP contribution is -2.38. The van der Waals surface area contributed by atoms with Crippen molar-refractivity contribution in [3.63, 3.8) is 0 Å². The Morgan fingerprint density at radius 2 is 2.00 bits per heavy atom. The maximum atomic E-state index is 13.8. The van der Waals surface area contributed by atoms with Gasteiger partial charge in [-0.3, -0.25) is 4.79 Å². The molecule has 1 aromatic carbocycles. The molecule has 21 heavy (non-hydrogen) atoms. The van der Waals surface area contributed by atoms with Crippen molar-refractivity contribution in [2.45, 2.75) is 51.1 Å². The van der Waals surface area contributed by atoms with Gasteiger partial charge in [0.25, 0.3) is 0 Å². The van der Waals surface area contributed by atoms with E-state index in [0.29, 0.717) is 19.4 Å². The number of carbonyl (C=O) groups is 1. The van der Waals surface area contributed by atoms with Crippen LogP contribution in [0.1, 0.15) is 44.1 Å². The van der Waals surface area contributed by atoms with Crippen LogP contribution in [0.15, 0.2) is 18.2 Å². The summed E-state index contributed by atoms with van der Waals surface area (Å²) < 4.78 is 27.1. The molecule has 1 aromatic rings. The quantitative estimate of drug-likeness (QED) is 0.877. The third kappa shape index (κ3) is 4.24. The first kappa shape index (κ1) is 15.9. The predicted molar refractivity (Wildman–Crippen MR) is 77.5 cm³/mol. The molecule has 0 saturated heterocycles. The van der Waals surface area contributed by atoms with Crippen molar-refractivity contribution in [2.75, 3.05) is 6.54 Å². The number of hydrogen-bond acceptors (Lipinski definition) is 2. The molecule has 0 bridgehead atoms. The Labute approximate surface area is 124 Å². The van der Waals surface area contributed by atoms with Gasteiger partial charge in [-0.15, -0.1) is 0 Å². The summed E-state index contributed by atoms with van der Waals surface area (Å²) in [5.41, 5.74) is 5.69. The molecular weight excluding hydrogens is 274 g/mol. The number of rotatable bonds is 6. The normalized spacial score (nSPS) is 15.4. The van der Waals surface area contributed by atoms with Crippen LogP contribution in [0, 0.1) is 11.6 Å². The Morgan fingerprint density at radius 1 is 1.29 bits per heavy atom. The maximum absolute atomic E-state index is 13.8. The molecule has 0 unspecified atom stereocenters. The molecule has 1 aliphatic rings. The molecule has 2 rings (SSSR count). The molecule has 116 valence electrons. The number of hydrogen-bond donors (Lipinski definition) is 1. The number of benzene rings is 1. The minimum Gasteiger partial charge on any atom is -0.335 e. The lowest BCUT2D eigenvalue weighted by atomic mass is 10.1. The van der Waals surface area contributed by atoms with Gasteiger partial charge in [0.05, 0.1) is 0 Å². The summed E-state index contributed by atoms with van der Waals surface area (Å²) in [7, 11) is 0. The number of carbonyl (C=O) groups excluding carboxylic acids is 1. The van der Waals surface area contributed by atoms with Gasteiger partial charge in [-0.25, -0.2) is 8.78 Å². The molecule has 1 saturated carbocycles. The summed E-state index contributed by atoms with van der Waals surface area (Å²) in [5, 5.41) is 0. The second-order valence-corrected chi connectivity index (χ2v) is 5.59. The smallest absolute Gasteiger partial charge is 0.223 e. The molecule has 1 fully saturated rings. The predicted octanol–water partition coefficient (Wildman–Crippen LogP) is 2.97. The summed E-state index contributed by atoms with van der Waals surface area (Å²) in [6, 6.07) is 3.52. The zero-order valence-corrected chi connectivity index (χ0v) is 12.2. The van der Waals surface area contributed by atoms with Gasteiger partial charge in [-0.05, 0) is 44.0 Å². The van der Waals surface area contributed by atoms with Gasteiger partial charge in [0.2, 0.25) is 5.91 Å². The van der Waals surface area contributed by atoms with Gasteiger partial charge in [-0.2, -0.15) is 0 Å². The van der Waals surface area contributed by atoms with Crippen LogP contribution in [-0.4, -0.2) is 23.4 Å². The van der Waals surface area contributed by atoms with E-state index in [9.17, 15) is 13.6 Å². The first-order chi connectivity index (χ1) is 10.1. The maximum Gasteiger partial charge on any atom is 0.223 e. The van der Waals surface area contributed by atoms with E-state index in [1.165, 1.54) is 6.07 Å². The molecule has 0 aromatic heterocycles. The topological polar surface area (TPSA) is 46.3 Å². The van der Waals surface area contributed by atoms with E-state index >= 15 is 0 Å². The van der Waals surface area contributed by atoms with Gasteiger partial charge in [0.15, 0.2) is 0 Å². The van der Waals surface area contributed by atoms with Crippen molar-refractivity contribution in [2.24, 2.45) is 5.73 Å². The molecule has 1 amide bonds. The first-order valence-electron chi connectivity index (χ1n) is 7.55. The Morgan fingerprint density at radius 3 is 2.67 bits per heavy atom. The number of nitrogens with zero attached hydrogens (tertiary/aromatic N) is 1. The van der Waals surface area contributed by atoms with Crippen molar-refractivity contribution in [1.82, 2.24) is 4.90 Å². The van der Waals surface area contributed by atoms with Crippen molar-refractivity contribution in [1.29, 1.82) is 0 Å². The number of nitrogens with two attached hydrogens (primary N) is 1. The molecule has 0 radical (unpaired) electrons. The monoisotopic (exact) mass is 296 g/mol. The zero-order valence-electron chi connectivity index (χ0n) is 12.2. The standard InChI is InChI=1S/C16H22F2N2O/c17-13-7-8-15(18)12(10-13)11-20(14-4-1-2-5-14)16(21)6-3-9-19/h7-8,10,14H,1-6,9,11,19H2. The lowest BCUT2D eigenvalue weighted by molar-refractivity contribution is -0.134. The van der Waals surface area contributed by atoms with Crippen LogP contribution in [0.25, 0.3) is 0 Å². The number of amides is 1. The van der Waals surface area contributed by atoms with Gasteiger partial charge in [0.1, 0.15) is 11.6 Å². The third-order valence-electron chi connectivity index (χ3n) is 4.03. The summed E-state index contributed by atoms with van der Waals surface area (Å²) in [6.07, 6.45) is 5.02. The van der Waals surface area contributed by atoms with Gasteiger partial charge >= 0.3 is 0 Å². The molecular formula is C16H22F2N2O. The van der Waals surface area contributed by atoms with E-state index in [-0.39, 0.29) is 24.1 Å². The Kier molecular flexibility index (Phi) is 5.67. The van der Waals surface area contributed by atoms with E-state index in [1.54, 1.807) is 4.90 Å². The Hall–Kier alpha value is -1.49. The molecule has 1 aliphatic carbocycles. The fourth-order valence-corrected chi connectivity index (χ4v) is 2.88. The van der Waals surface area contributed by atoms with E-state index in [0.717, 1.165) is 37.8 Å². The SMILES string of the molecule is NCCCC(=O)N(Cc1cc(F)ccc1F)C1CCCC1. The highest BCUT2D eigenvalue weighted by molar-refractivity contribution is 5.76. The van der Waals surface area contributed by atoms with Crippen molar-refractivity contribution in [3.8, 4) is 0 Å². The Bertz CT molecular complexity index is 487. The minimum atomic E-state index is -0.479. The van der Waals surface area contributed by atoms with Crippen LogP contribution in [0.5, 0.6) is 0 Å². The average Bonchev–Trinajstić information content (AvgIpc) is 2.99. The summed E-state index contributed by atoms with van der Waals surface area (Å²) >= 11 is 0. The van der Waals surface area contributed by atoms with Crippen molar-refractivity contribution < 1.29 is 13.6 Å². The second-order valence-electron chi connectivity index (χ2n) is 5.59. The summed E-state index contributed by atoms with van der Waals surface area (Å²) in [5.74, 6) is -0.964. The summed E-state index contributed by atoms with van der Waals surface area (Å²) in [6.45, 7) is 0.593. The lowest BCUT2D eigenvalue weighted by Gasteiger charge is -2.29. The molecule has 0 heterocycles. The highest BCUT2D eigenvalue weighted by Gasteiger charge is 2.27. The Balaban J connectivity index is 2.14. The first-order valence-corrected chi connectivity index (χ1v) is 7.55. The largest absolute Gasteiger partial charge is 0.335 e. The van der Waals surface area contributed by atoms with Crippen LogP contribution >= 0.6 is 0 Å². The minimum absolute atomic E-state index is 0.0176. The highest BCUT2D eigenvalue weighted by Crippen LogP contribution is 2.26. The van der Waals surface area contributed by atoms with Crippen LogP contribution in [0.4, 0.5) is 8.78 Å². The van der Waals surface area contributed by atoms with Gasteiger partial charge in [-0.1, -0.05) is 12.8 Å². The fourth-order valence-electron chi connectivity index (χ4n) is 2.88. The van der Waals surface area contributed by atoms with E-state index in [1.807, 2.05) is 0 Å². The molecule has 0 atom stereocenters. The van der Waals surface area contributed by atoms with Crippen molar-refractivity contribution in [3.05, 3.63) is 35.4 Å². The van der Waals surface area contributed by atoms with E-state index in [2.05, 4.69) is 0 Å². The van der Waals surface area contributed by atoms with Gasteiger partial charge in [0, 0.05) is 24.6 Å². The molecule has 0 aliphatic heterocycles. The molecule has 3 nitrogen and oxygen atoms in total. The van der Waals surface area contributed by atoms with E-state index < -0.39 is 11.6 Å². The van der Waals surface area contributed by atoms with Crippen molar-refractivity contribution >= 4 is 5.91 Å². The fraction of sp³-hybridized carbons (Fsp3) is 0.562. The summed E-state index contributed by atoms with van der Waals surface area (Å²) in [4.78, 5) is 14.1. The van der Waals surface area contributed by atoms with Gasteiger partial charge < -0.3 is 10.6 Å². The highest BCUT2D eigenvalue weighted by atomic mass is 19.1. The zero-order chi connectivity index (χ0) is 15.2. The average molecular weight is 296 g/mol. The van der Waals surface area contributed by atoms with Crippen LogP contribution in [0.2, 0.25) is 0 Å². The third-order valence-corrected chi connectivity index (χ3v) is 4.03. The van der Waals surface area contributed by atoms with Crippen LogP contribution in [-0.2, 0) is 11.3 Å². The number of halogens is 2. The molecule has 2 N–H and O–H groups in total. The van der Waals surface area contributed by atoms with Crippen LogP contribution in [0.3, 0.4) is 0 Å².